The number of amides is 1. The number of hydrogen-bond donors (Lipinski definition) is 1. The summed E-state index contributed by atoms with van der Waals surface area (Å²) in [5.41, 5.74) is 1.30. The summed E-state index contributed by atoms with van der Waals surface area (Å²) in [7, 11) is 0. The Morgan fingerprint density at radius 2 is 1.92 bits per heavy atom. The average Bonchev–Trinajstić information content (AvgIpc) is 2.99. The third-order valence-electron chi connectivity index (χ3n) is 3.40. The number of carbonyl (C=O) groups excluding carboxylic acids is 2. The van der Waals surface area contributed by atoms with Gasteiger partial charge in [-0.15, -0.1) is 5.10 Å². The van der Waals surface area contributed by atoms with Gasteiger partial charge in [0.15, 0.2) is 12.3 Å². The van der Waals surface area contributed by atoms with Crippen LogP contribution in [0.2, 0.25) is 0 Å². The molecule has 0 aliphatic carbocycles. The Kier molecular flexibility index (Phi) is 6.48. The quantitative estimate of drug-likeness (QED) is 0.591. The van der Waals surface area contributed by atoms with Gasteiger partial charge in [0.1, 0.15) is 0 Å². The highest BCUT2D eigenvalue weighted by Gasteiger charge is 2.18. The summed E-state index contributed by atoms with van der Waals surface area (Å²) in [4.78, 5) is 25.1. The maximum Gasteiger partial charge on any atom is 0.361 e. The van der Waals surface area contributed by atoms with E-state index in [2.05, 4.69) is 22.4 Å². The number of benzene rings is 1. The third kappa shape index (κ3) is 4.91. The van der Waals surface area contributed by atoms with E-state index in [1.54, 1.807) is 6.92 Å². The van der Waals surface area contributed by atoms with E-state index in [9.17, 15) is 9.59 Å². The van der Waals surface area contributed by atoms with Gasteiger partial charge in [0.2, 0.25) is 0 Å². The Labute approximate surface area is 141 Å². The van der Waals surface area contributed by atoms with E-state index in [4.69, 9.17) is 4.74 Å². The predicted octanol–water partition coefficient (Wildman–Crippen LogP) is 2.04. The van der Waals surface area contributed by atoms with Crippen LogP contribution in [0.1, 0.15) is 42.4 Å². The molecule has 0 radical (unpaired) electrons. The number of para-hydroxylation sites is 1. The standard InChI is InChI=1S/C17H22N4O3/c1-3-4-8-11-18-15(22)12-24-17(23)16-13(2)19-21(20-16)14-9-6-5-7-10-14/h5-7,9-10H,3-4,8,11-12H2,1-2H3,(H,18,22). The van der Waals surface area contributed by atoms with Gasteiger partial charge in [-0.25, -0.2) is 4.79 Å². The molecule has 0 spiro atoms. The van der Waals surface area contributed by atoms with Gasteiger partial charge in [-0.3, -0.25) is 4.79 Å². The molecule has 24 heavy (non-hydrogen) atoms. The Balaban J connectivity index is 1.89. The SMILES string of the molecule is CCCCCNC(=O)COC(=O)c1nn(-c2ccccc2)nc1C. The normalized spacial score (nSPS) is 10.4. The second-order valence-electron chi connectivity index (χ2n) is 5.39. The molecule has 1 aromatic heterocycles. The molecule has 7 heteroatoms. The fourth-order valence-electron chi connectivity index (χ4n) is 2.10. The van der Waals surface area contributed by atoms with Crippen LogP contribution in [0.4, 0.5) is 0 Å². The number of nitrogens with zero attached hydrogens (tertiary/aromatic N) is 3. The van der Waals surface area contributed by atoms with Gasteiger partial charge < -0.3 is 10.1 Å². The number of hydrogen-bond acceptors (Lipinski definition) is 5. The zero-order valence-electron chi connectivity index (χ0n) is 14.0. The lowest BCUT2D eigenvalue weighted by Gasteiger charge is -2.05. The number of ether oxygens (including phenoxy) is 1. The first-order valence-electron chi connectivity index (χ1n) is 8.05. The van der Waals surface area contributed by atoms with Crippen molar-refractivity contribution in [3.05, 3.63) is 41.7 Å². The molecule has 0 saturated carbocycles. The highest BCUT2D eigenvalue weighted by Crippen LogP contribution is 2.09. The molecule has 0 saturated heterocycles. The molecule has 1 amide bonds. The molecular formula is C17H22N4O3. The number of unbranched alkanes of at least 4 members (excludes halogenated alkanes) is 2. The molecule has 0 bridgehead atoms. The van der Waals surface area contributed by atoms with Crippen molar-refractivity contribution >= 4 is 11.9 Å². The maximum atomic E-state index is 12.1. The smallest absolute Gasteiger partial charge is 0.361 e. The van der Waals surface area contributed by atoms with Crippen molar-refractivity contribution in [1.82, 2.24) is 20.3 Å². The summed E-state index contributed by atoms with van der Waals surface area (Å²) in [6.07, 6.45) is 3.06. The molecule has 1 N–H and O–H groups in total. The van der Waals surface area contributed by atoms with Gasteiger partial charge in [0.05, 0.1) is 11.4 Å². The van der Waals surface area contributed by atoms with Gasteiger partial charge >= 0.3 is 5.97 Å². The van der Waals surface area contributed by atoms with Crippen LogP contribution in [0.5, 0.6) is 0 Å². The minimum atomic E-state index is -0.654. The average molecular weight is 330 g/mol. The summed E-state index contributed by atoms with van der Waals surface area (Å²) in [5.74, 6) is -0.967. The molecule has 0 aliphatic heterocycles. The zero-order valence-corrected chi connectivity index (χ0v) is 14.0. The second kappa shape index (κ2) is 8.81. The monoisotopic (exact) mass is 330 g/mol. The molecular weight excluding hydrogens is 308 g/mol. The molecule has 2 rings (SSSR count). The minimum Gasteiger partial charge on any atom is -0.451 e. The Hall–Kier alpha value is -2.70. The maximum absolute atomic E-state index is 12.1. The van der Waals surface area contributed by atoms with E-state index in [1.807, 2.05) is 30.3 Å². The first-order valence-corrected chi connectivity index (χ1v) is 8.05. The largest absolute Gasteiger partial charge is 0.451 e. The van der Waals surface area contributed by atoms with E-state index < -0.39 is 5.97 Å². The third-order valence-corrected chi connectivity index (χ3v) is 3.40. The van der Waals surface area contributed by atoms with Gasteiger partial charge in [-0.05, 0) is 25.5 Å². The Bertz CT molecular complexity index is 682. The molecule has 7 nitrogen and oxygen atoms in total. The molecule has 0 atom stereocenters. The topological polar surface area (TPSA) is 86.1 Å². The highest BCUT2D eigenvalue weighted by molar-refractivity contribution is 5.90. The van der Waals surface area contributed by atoms with Crippen LogP contribution in [0, 0.1) is 6.92 Å². The Morgan fingerprint density at radius 3 is 2.62 bits per heavy atom. The van der Waals surface area contributed by atoms with Gasteiger partial charge in [-0.2, -0.15) is 9.90 Å². The number of esters is 1. The molecule has 128 valence electrons. The van der Waals surface area contributed by atoms with Gasteiger partial charge in [0.25, 0.3) is 5.91 Å². The van der Waals surface area contributed by atoms with Crippen molar-refractivity contribution in [3.8, 4) is 5.69 Å². The molecule has 1 aromatic carbocycles. The van der Waals surface area contributed by atoms with Crippen molar-refractivity contribution in [1.29, 1.82) is 0 Å². The number of rotatable bonds is 8. The van der Waals surface area contributed by atoms with Crippen LogP contribution in [0.3, 0.4) is 0 Å². The van der Waals surface area contributed by atoms with E-state index in [-0.39, 0.29) is 18.2 Å². The van der Waals surface area contributed by atoms with E-state index in [1.165, 1.54) is 4.80 Å². The van der Waals surface area contributed by atoms with Crippen molar-refractivity contribution in [2.24, 2.45) is 0 Å². The molecule has 0 fully saturated rings. The summed E-state index contributed by atoms with van der Waals surface area (Å²) >= 11 is 0. The van der Waals surface area contributed by atoms with Crippen molar-refractivity contribution in [2.75, 3.05) is 13.2 Å². The van der Waals surface area contributed by atoms with Gasteiger partial charge in [0, 0.05) is 6.54 Å². The fraction of sp³-hybridized carbons (Fsp3) is 0.412. The first-order chi connectivity index (χ1) is 11.6. The fourth-order valence-corrected chi connectivity index (χ4v) is 2.10. The van der Waals surface area contributed by atoms with Crippen LogP contribution in [0.15, 0.2) is 30.3 Å². The summed E-state index contributed by atoms with van der Waals surface area (Å²) in [6.45, 7) is 4.04. The second-order valence-corrected chi connectivity index (χ2v) is 5.39. The lowest BCUT2D eigenvalue weighted by atomic mass is 10.2. The van der Waals surface area contributed by atoms with Gasteiger partial charge in [-0.1, -0.05) is 38.0 Å². The lowest BCUT2D eigenvalue weighted by Crippen LogP contribution is -2.29. The van der Waals surface area contributed by atoms with Crippen LogP contribution >= 0.6 is 0 Å². The molecule has 0 unspecified atom stereocenters. The number of carbonyl (C=O) groups is 2. The minimum absolute atomic E-state index is 0.109. The van der Waals surface area contributed by atoms with Crippen molar-refractivity contribution < 1.29 is 14.3 Å². The summed E-state index contributed by atoms with van der Waals surface area (Å²) < 4.78 is 5.01. The zero-order chi connectivity index (χ0) is 17.4. The lowest BCUT2D eigenvalue weighted by molar-refractivity contribution is -0.124. The predicted molar refractivity (Wildman–Crippen MR) is 88.9 cm³/mol. The molecule has 1 heterocycles. The number of aromatic nitrogens is 3. The molecule has 0 aliphatic rings. The summed E-state index contributed by atoms with van der Waals surface area (Å²) in [6, 6.07) is 9.26. The number of aryl methyl sites for hydroxylation is 1. The van der Waals surface area contributed by atoms with E-state index >= 15 is 0 Å². The van der Waals surface area contributed by atoms with Crippen molar-refractivity contribution in [3.63, 3.8) is 0 Å². The highest BCUT2D eigenvalue weighted by atomic mass is 16.5. The Morgan fingerprint density at radius 1 is 1.17 bits per heavy atom. The van der Waals surface area contributed by atoms with Crippen LogP contribution in [-0.2, 0) is 9.53 Å². The van der Waals surface area contributed by atoms with Crippen LogP contribution < -0.4 is 5.32 Å². The van der Waals surface area contributed by atoms with Crippen LogP contribution in [0.25, 0.3) is 5.69 Å². The number of nitrogens with one attached hydrogen (secondary N) is 1. The first kappa shape index (κ1) is 17.7. The summed E-state index contributed by atoms with van der Waals surface area (Å²) in [5, 5.41) is 11.1. The van der Waals surface area contributed by atoms with E-state index in [0.717, 1.165) is 24.9 Å². The van der Waals surface area contributed by atoms with E-state index in [0.29, 0.717) is 12.2 Å². The molecule has 2 aromatic rings. The van der Waals surface area contributed by atoms with Crippen molar-refractivity contribution in [2.45, 2.75) is 33.1 Å². The van der Waals surface area contributed by atoms with Crippen LogP contribution in [-0.4, -0.2) is 40.0 Å².